The van der Waals surface area contributed by atoms with Crippen LogP contribution in [-0.2, 0) is 11.2 Å². The summed E-state index contributed by atoms with van der Waals surface area (Å²) in [6, 6.07) is 16.7. The molecule has 2 aromatic carbocycles. The van der Waals surface area contributed by atoms with Crippen LogP contribution in [0.4, 0.5) is 0 Å². The van der Waals surface area contributed by atoms with Gasteiger partial charge in [0.05, 0.1) is 28.6 Å². The first kappa shape index (κ1) is 21.6. The van der Waals surface area contributed by atoms with Crippen LogP contribution < -0.4 is 15.6 Å². The summed E-state index contributed by atoms with van der Waals surface area (Å²) in [6.07, 6.45) is 5.24. The quantitative estimate of drug-likeness (QED) is 0.595. The van der Waals surface area contributed by atoms with Crippen molar-refractivity contribution in [3.63, 3.8) is 0 Å². The van der Waals surface area contributed by atoms with Crippen molar-refractivity contribution in [2.75, 3.05) is 0 Å². The SMILES string of the molecule is N#Cc1ccc(O[C@H]2CC[C@H](NC(=O)CCCc3nc4ccccc4c(=O)[nH]3)CC2)cc1. The van der Waals surface area contributed by atoms with Crippen LogP contribution in [-0.4, -0.2) is 28.0 Å². The number of aryl methyl sites for hydroxylation is 1. The molecule has 164 valence electrons. The molecule has 1 saturated carbocycles. The smallest absolute Gasteiger partial charge is 0.258 e. The Morgan fingerprint density at radius 1 is 1.12 bits per heavy atom. The number of aromatic amines is 1. The minimum Gasteiger partial charge on any atom is -0.490 e. The van der Waals surface area contributed by atoms with E-state index in [4.69, 9.17) is 10.00 Å². The molecule has 0 spiro atoms. The van der Waals surface area contributed by atoms with Crippen molar-refractivity contribution in [2.45, 2.75) is 57.1 Å². The number of fused-ring (bicyclic) bond motifs is 1. The van der Waals surface area contributed by atoms with Gasteiger partial charge in [0.25, 0.3) is 5.56 Å². The number of benzene rings is 2. The van der Waals surface area contributed by atoms with Crippen LogP contribution in [0.1, 0.15) is 49.9 Å². The van der Waals surface area contributed by atoms with Gasteiger partial charge in [0.15, 0.2) is 0 Å². The fourth-order valence-electron chi connectivity index (χ4n) is 4.10. The normalized spacial score (nSPS) is 18.1. The van der Waals surface area contributed by atoms with E-state index in [1.165, 1.54) is 0 Å². The number of carbonyl (C=O) groups excluding carboxylic acids is 1. The maximum absolute atomic E-state index is 12.4. The van der Waals surface area contributed by atoms with Crippen molar-refractivity contribution in [1.82, 2.24) is 15.3 Å². The van der Waals surface area contributed by atoms with Gasteiger partial charge in [0.2, 0.25) is 5.91 Å². The molecule has 4 rings (SSSR count). The Hall–Kier alpha value is -3.66. The first-order valence-corrected chi connectivity index (χ1v) is 11.0. The largest absolute Gasteiger partial charge is 0.490 e. The number of amides is 1. The maximum Gasteiger partial charge on any atom is 0.258 e. The molecule has 0 radical (unpaired) electrons. The highest BCUT2D eigenvalue weighted by atomic mass is 16.5. The van der Waals surface area contributed by atoms with Gasteiger partial charge in [-0.05, 0) is 68.5 Å². The average Bonchev–Trinajstić information content (AvgIpc) is 2.81. The number of rotatable bonds is 7. The second-order valence-electron chi connectivity index (χ2n) is 8.18. The van der Waals surface area contributed by atoms with E-state index in [9.17, 15) is 9.59 Å². The molecular weight excluding hydrogens is 404 g/mol. The van der Waals surface area contributed by atoms with Crippen molar-refractivity contribution >= 4 is 16.8 Å². The van der Waals surface area contributed by atoms with Gasteiger partial charge in [0.1, 0.15) is 11.6 Å². The Kier molecular flexibility index (Phi) is 6.81. The van der Waals surface area contributed by atoms with Gasteiger partial charge >= 0.3 is 0 Å². The van der Waals surface area contributed by atoms with Crippen LogP contribution in [0.25, 0.3) is 10.9 Å². The van der Waals surface area contributed by atoms with E-state index in [1.54, 1.807) is 18.2 Å². The Balaban J connectivity index is 1.18. The predicted molar refractivity (Wildman–Crippen MR) is 121 cm³/mol. The summed E-state index contributed by atoms with van der Waals surface area (Å²) in [5.74, 6) is 1.42. The summed E-state index contributed by atoms with van der Waals surface area (Å²) in [4.78, 5) is 31.8. The summed E-state index contributed by atoms with van der Waals surface area (Å²) in [5, 5.41) is 12.6. The third-order valence-corrected chi connectivity index (χ3v) is 5.80. The molecule has 0 unspecified atom stereocenters. The average molecular weight is 431 g/mol. The molecule has 1 aliphatic carbocycles. The van der Waals surface area contributed by atoms with E-state index in [1.807, 2.05) is 30.3 Å². The number of nitrogens with one attached hydrogen (secondary N) is 2. The molecule has 2 N–H and O–H groups in total. The summed E-state index contributed by atoms with van der Waals surface area (Å²) in [6.45, 7) is 0. The van der Waals surface area contributed by atoms with E-state index in [0.717, 1.165) is 31.4 Å². The van der Waals surface area contributed by atoms with Crippen LogP contribution in [0.2, 0.25) is 0 Å². The number of nitriles is 1. The molecule has 1 fully saturated rings. The van der Waals surface area contributed by atoms with Crippen molar-refractivity contribution in [1.29, 1.82) is 5.26 Å². The summed E-state index contributed by atoms with van der Waals surface area (Å²) >= 11 is 0. The molecule has 7 heteroatoms. The molecule has 1 aromatic heterocycles. The molecule has 0 aliphatic heterocycles. The van der Waals surface area contributed by atoms with E-state index in [-0.39, 0.29) is 23.6 Å². The topological polar surface area (TPSA) is 108 Å². The standard InChI is InChI=1S/C25H26N4O3/c26-16-17-8-12-19(13-9-17)32-20-14-10-18(11-15-20)27-24(30)7-3-6-23-28-22-5-2-1-4-21(22)25(31)29-23/h1-2,4-5,8-9,12-13,18,20H,3,6-7,10-11,14-15H2,(H,27,30)(H,28,29,31)/t18-,20-. The fraction of sp³-hybridized carbons (Fsp3) is 0.360. The lowest BCUT2D eigenvalue weighted by atomic mass is 9.92. The van der Waals surface area contributed by atoms with Gasteiger partial charge < -0.3 is 15.0 Å². The molecule has 0 atom stereocenters. The number of aromatic nitrogens is 2. The molecule has 7 nitrogen and oxygen atoms in total. The Labute approximate surface area is 186 Å². The van der Waals surface area contributed by atoms with Crippen molar-refractivity contribution in [3.05, 3.63) is 70.3 Å². The lowest BCUT2D eigenvalue weighted by Gasteiger charge is -2.29. The highest BCUT2D eigenvalue weighted by Gasteiger charge is 2.23. The van der Waals surface area contributed by atoms with Gasteiger partial charge in [-0.15, -0.1) is 0 Å². The maximum atomic E-state index is 12.4. The van der Waals surface area contributed by atoms with E-state index >= 15 is 0 Å². The number of hydrogen-bond donors (Lipinski definition) is 2. The number of para-hydroxylation sites is 1. The first-order valence-electron chi connectivity index (χ1n) is 11.0. The Morgan fingerprint density at radius 2 is 1.88 bits per heavy atom. The monoisotopic (exact) mass is 430 g/mol. The Bertz CT molecular complexity index is 1170. The van der Waals surface area contributed by atoms with Crippen LogP contribution >= 0.6 is 0 Å². The molecule has 32 heavy (non-hydrogen) atoms. The van der Waals surface area contributed by atoms with Gasteiger partial charge in [-0.25, -0.2) is 4.98 Å². The highest BCUT2D eigenvalue weighted by Crippen LogP contribution is 2.24. The number of carbonyl (C=O) groups is 1. The van der Waals surface area contributed by atoms with Gasteiger partial charge in [-0.2, -0.15) is 5.26 Å². The zero-order valence-corrected chi connectivity index (χ0v) is 17.8. The van der Waals surface area contributed by atoms with E-state index in [2.05, 4.69) is 21.4 Å². The molecule has 0 saturated heterocycles. The fourth-order valence-corrected chi connectivity index (χ4v) is 4.10. The number of ether oxygens (including phenoxy) is 1. The molecule has 1 heterocycles. The summed E-state index contributed by atoms with van der Waals surface area (Å²) in [7, 11) is 0. The van der Waals surface area contributed by atoms with E-state index in [0.29, 0.717) is 41.6 Å². The third kappa shape index (κ3) is 5.52. The van der Waals surface area contributed by atoms with Crippen LogP contribution in [0, 0.1) is 11.3 Å². The zero-order chi connectivity index (χ0) is 22.3. The van der Waals surface area contributed by atoms with Crippen LogP contribution in [0.3, 0.4) is 0 Å². The van der Waals surface area contributed by atoms with Crippen molar-refractivity contribution in [3.8, 4) is 11.8 Å². The molecular formula is C25H26N4O3. The molecule has 1 aliphatic rings. The zero-order valence-electron chi connectivity index (χ0n) is 17.8. The lowest BCUT2D eigenvalue weighted by molar-refractivity contribution is -0.122. The first-order chi connectivity index (χ1) is 15.6. The molecule has 0 bridgehead atoms. The summed E-state index contributed by atoms with van der Waals surface area (Å²) < 4.78 is 6.00. The lowest BCUT2D eigenvalue weighted by Crippen LogP contribution is -2.39. The number of hydrogen-bond acceptors (Lipinski definition) is 5. The van der Waals surface area contributed by atoms with Gasteiger partial charge in [-0.1, -0.05) is 12.1 Å². The predicted octanol–water partition coefficient (Wildman–Crippen LogP) is 3.62. The molecule has 3 aromatic rings. The number of nitrogens with zero attached hydrogens (tertiary/aromatic N) is 2. The second kappa shape index (κ2) is 10.1. The van der Waals surface area contributed by atoms with Gasteiger partial charge in [-0.3, -0.25) is 9.59 Å². The van der Waals surface area contributed by atoms with E-state index < -0.39 is 0 Å². The minimum atomic E-state index is -0.143. The third-order valence-electron chi connectivity index (χ3n) is 5.80. The molecule has 1 amide bonds. The van der Waals surface area contributed by atoms with Crippen LogP contribution in [0.5, 0.6) is 5.75 Å². The second-order valence-corrected chi connectivity index (χ2v) is 8.18. The number of H-pyrrole nitrogens is 1. The Morgan fingerprint density at radius 3 is 2.62 bits per heavy atom. The van der Waals surface area contributed by atoms with Crippen molar-refractivity contribution in [2.24, 2.45) is 0 Å². The summed E-state index contributed by atoms with van der Waals surface area (Å²) in [5.41, 5.74) is 1.15. The minimum absolute atomic E-state index is 0.0320. The highest BCUT2D eigenvalue weighted by molar-refractivity contribution is 5.77. The van der Waals surface area contributed by atoms with Gasteiger partial charge in [0, 0.05) is 18.9 Å². The van der Waals surface area contributed by atoms with Crippen molar-refractivity contribution < 1.29 is 9.53 Å². The van der Waals surface area contributed by atoms with Crippen LogP contribution in [0.15, 0.2) is 53.3 Å².